The third-order valence-corrected chi connectivity index (χ3v) is 7.71. The number of piperidine rings is 1. The summed E-state index contributed by atoms with van der Waals surface area (Å²) in [6.45, 7) is 4.39. The number of nitrogens with one attached hydrogen (secondary N) is 1. The average Bonchev–Trinajstić information content (AvgIpc) is 3.23. The van der Waals surface area contributed by atoms with Crippen LogP contribution in [0, 0.1) is 25.6 Å². The van der Waals surface area contributed by atoms with Crippen molar-refractivity contribution in [3.63, 3.8) is 0 Å². The number of aromatic nitrogens is 2. The summed E-state index contributed by atoms with van der Waals surface area (Å²) < 4.78 is 45.8. The van der Waals surface area contributed by atoms with E-state index in [0.717, 1.165) is 23.3 Å². The molecular formula is C23H25FN4O4S. The molecule has 1 N–H and O–H groups in total. The predicted octanol–water partition coefficient (Wildman–Crippen LogP) is 3.46. The van der Waals surface area contributed by atoms with Crippen molar-refractivity contribution in [2.75, 3.05) is 18.4 Å². The Morgan fingerprint density at radius 2 is 1.91 bits per heavy atom. The monoisotopic (exact) mass is 472 g/mol. The standard InChI is InChI=1S/C23H25FN4O4S/c1-15-5-6-17(12-16(15)2)13-21-26-27-23(32-21)25-22(29)18-4-3-11-28(14-18)33(30,31)20-9-7-19(24)8-10-20/h5-10,12,18H,3-4,11,13-14H2,1-2H3,(H,25,27,29). The lowest BCUT2D eigenvalue weighted by atomic mass is 9.99. The lowest BCUT2D eigenvalue weighted by molar-refractivity contribution is -0.121. The van der Waals surface area contributed by atoms with Gasteiger partial charge in [0, 0.05) is 13.1 Å². The van der Waals surface area contributed by atoms with Crippen molar-refractivity contribution >= 4 is 21.9 Å². The Hall–Kier alpha value is -3.11. The molecule has 1 aromatic heterocycles. The summed E-state index contributed by atoms with van der Waals surface area (Å²) in [6, 6.07) is 10.7. The van der Waals surface area contributed by atoms with Gasteiger partial charge in [0.25, 0.3) is 0 Å². The summed E-state index contributed by atoms with van der Waals surface area (Å²) in [5.74, 6) is -1.08. The van der Waals surface area contributed by atoms with E-state index >= 15 is 0 Å². The highest BCUT2D eigenvalue weighted by Crippen LogP contribution is 2.25. The minimum absolute atomic E-state index is 0.00200. The molecule has 10 heteroatoms. The molecule has 2 aromatic carbocycles. The van der Waals surface area contributed by atoms with Crippen LogP contribution in [0.1, 0.15) is 35.4 Å². The van der Waals surface area contributed by atoms with Gasteiger partial charge in [0.1, 0.15) is 5.82 Å². The van der Waals surface area contributed by atoms with E-state index in [2.05, 4.69) is 21.6 Å². The third kappa shape index (κ3) is 5.28. The number of carbonyl (C=O) groups excluding carboxylic acids is 1. The largest absolute Gasteiger partial charge is 0.407 e. The van der Waals surface area contributed by atoms with Crippen molar-refractivity contribution in [2.24, 2.45) is 5.92 Å². The Bertz CT molecular complexity index is 1260. The van der Waals surface area contributed by atoms with Gasteiger partial charge in [0.05, 0.1) is 17.2 Å². The van der Waals surface area contributed by atoms with Gasteiger partial charge in [-0.25, -0.2) is 12.8 Å². The van der Waals surface area contributed by atoms with Crippen molar-refractivity contribution in [3.8, 4) is 0 Å². The SMILES string of the molecule is Cc1ccc(Cc2nnc(NC(=O)C3CCCN(S(=O)(=O)c4ccc(F)cc4)C3)o2)cc1C. The first-order valence-corrected chi connectivity index (χ1v) is 12.1. The second kappa shape index (κ2) is 9.40. The number of halogens is 1. The van der Waals surface area contributed by atoms with Gasteiger partial charge in [-0.1, -0.05) is 23.3 Å². The van der Waals surface area contributed by atoms with Crippen LogP contribution in [0.2, 0.25) is 0 Å². The number of carbonyl (C=O) groups is 1. The molecule has 8 nitrogen and oxygen atoms in total. The molecule has 0 radical (unpaired) electrons. The Labute approximate surface area is 191 Å². The Morgan fingerprint density at radius 3 is 2.64 bits per heavy atom. The van der Waals surface area contributed by atoms with Gasteiger partial charge in [-0.2, -0.15) is 4.31 Å². The van der Waals surface area contributed by atoms with Crippen LogP contribution >= 0.6 is 0 Å². The summed E-state index contributed by atoms with van der Waals surface area (Å²) in [6.07, 6.45) is 1.50. The van der Waals surface area contributed by atoms with E-state index in [-0.39, 0.29) is 23.4 Å². The molecule has 1 aliphatic heterocycles. The Morgan fingerprint density at radius 1 is 1.15 bits per heavy atom. The van der Waals surface area contributed by atoms with Gasteiger partial charge in [0.15, 0.2) is 0 Å². The molecule has 1 atom stereocenters. The highest BCUT2D eigenvalue weighted by molar-refractivity contribution is 7.89. The number of rotatable bonds is 6. The minimum atomic E-state index is -3.82. The molecule has 1 aliphatic rings. The topological polar surface area (TPSA) is 105 Å². The van der Waals surface area contributed by atoms with Crippen molar-refractivity contribution < 1.29 is 22.0 Å². The van der Waals surface area contributed by atoms with Crippen molar-refractivity contribution in [2.45, 2.75) is 38.0 Å². The molecule has 0 bridgehead atoms. The predicted molar refractivity (Wildman–Crippen MR) is 120 cm³/mol. The molecule has 1 unspecified atom stereocenters. The molecule has 0 aliphatic carbocycles. The summed E-state index contributed by atoms with van der Waals surface area (Å²) in [7, 11) is -3.82. The zero-order chi connectivity index (χ0) is 23.6. The number of aryl methyl sites for hydroxylation is 2. The van der Waals surface area contributed by atoms with Crippen LogP contribution in [-0.2, 0) is 21.2 Å². The van der Waals surface area contributed by atoms with Crippen LogP contribution in [-0.4, -0.2) is 41.9 Å². The first-order chi connectivity index (χ1) is 15.7. The summed E-state index contributed by atoms with van der Waals surface area (Å²) in [5, 5.41) is 10.5. The number of amides is 1. The molecule has 2 heterocycles. The molecule has 1 saturated heterocycles. The van der Waals surface area contributed by atoms with Gasteiger partial charge in [-0.3, -0.25) is 10.1 Å². The quantitative estimate of drug-likeness (QED) is 0.589. The van der Waals surface area contributed by atoms with E-state index in [9.17, 15) is 17.6 Å². The number of benzene rings is 2. The van der Waals surface area contributed by atoms with Gasteiger partial charge in [-0.05, 0) is 67.6 Å². The molecule has 1 amide bonds. The van der Waals surface area contributed by atoms with Crippen LogP contribution in [0.5, 0.6) is 0 Å². The van der Waals surface area contributed by atoms with Crippen LogP contribution in [0.25, 0.3) is 0 Å². The molecule has 4 rings (SSSR count). The zero-order valence-electron chi connectivity index (χ0n) is 18.4. The van der Waals surface area contributed by atoms with E-state index in [0.29, 0.717) is 31.7 Å². The molecule has 174 valence electrons. The number of nitrogens with zero attached hydrogens (tertiary/aromatic N) is 3. The Balaban J connectivity index is 1.39. The van der Waals surface area contributed by atoms with Gasteiger partial charge < -0.3 is 4.42 Å². The highest BCUT2D eigenvalue weighted by atomic mass is 32.2. The second-order valence-electron chi connectivity index (χ2n) is 8.24. The normalized spacial score (nSPS) is 17.1. The first-order valence-electron chi connectivity index (χ1n) is 10.7. The van der Waals surface area contributed by atoms with Crippen LogP contribution in [0.4, 0.5) is 10.4 Å². The smallest absolute Gasteiger partial charge is 0.322 e. The van der Waals surface area contributed by atoms with E-state index < -0.39 is 21.8 Å². The molecule has 0 saturated carbocycles. The van der Waals surface area contributed by atoms with Crippen molar-refractivity contribution in [1.29, 1.82) is 0 Å². The fourth-order valence-corrected chi connectivity index (χ4v) is 5.33. The fraction of sp³-hybridized carbons (Fsp3) is 0.348. The molecular weight excluding hydrogens is 447 g/mol. The molecule has 3 aromatic rings. The average molecular weight is 473 g/mol. The summed E-state index contributed by atoms with van der Waals surface area (Å²) >= 11 is 0. The molecule has 1 fully saturated rings. The maximum Gasteiger partial charge on any atom is 0.322 e. The number of anilines is 1. The zero-order valence-corrected chi connectivity index (χ0v) is 19.2. The number of sulfonamides is 1. The highest BCUT2D eigenvalue weighted by Gasteiger charge is 2.33. The van der Waals surface area contributed by atoms with E-state index in [1.165, 1.54) is 22.0 Å². The van der Waals surface area contributed by atoms with Crippen LogP contribution in [0.3, 0.4) is 0 Å². The van der Waals surface area contributed by atoms with Crippen molar-refractivity contribution in [3.05, 3.63) is 70.9 Å². The van der Waals surface area contributed by atoms with E-state index in [4.69, 9.17) is 4.42 Å². The first kappa shape index (κ1) is 23.1. The van der Waals surface area contributed by atoms with Crippen molar-refractivity contribution in [1.82, 2.24) is 14.5 Å². The van der Waals surface area contributed by atoms with E-state index in [1.54, 1.807) is 0 Å². The maximum atomic E-state index is 13.2. The third-order valence-electron chi connectivity index (χ3n) is 5.83. The minimum Gasteiger partial charge on any atom is -0.407 e. The number of hydrogen-bond acceptors (Lipinski definition) is 6. The number of hydrogen-bond donors (Lipinski definition) is 1. The summed E-state index contributed by atoms with van der Waals surface area (Å²) in [4.78, 5) is 12.8. The summed E-state index contributed by atoms with van der Waals surface area (Å²) in [5.41, 5.74) is 3.38. The van der Waals surface area contributed by atoms with Crippen LogP contribution < -0.4 is 5.32 Å². The lowest BCUT2D eigenvalue weighted by Crippen LogP contribution is -2.43. The maximum absolute atomic E-state index is 13.2. The molecule has 0 spiro atoms. The van der Waals surface area contributed by atoms with Crippen LogP contribution in [0.15, 0.2) is 51.8 Å². The fourth-order valence-electron chi connectivity index (χ4n) is 3.80. The second-order valence-corrected chi connectivity index (χ2v) is 10.2. The van der Waals surface area contributed by atoms with Gasteiger partial charge in [-0.15, -0.1) is 5.10 Å². The van der Waals surface area contributed by atoms with Gasteiger partial charge >= 0.3 is 6.01 Å². The lowest BCUT2D eigenvalue weighted by Gasteiger charge is -2.30. The van der Waals surface area contributed by atoms with E-state index in [1.807, 2.05) is 26.0 Å². The molecule has 33 heavy (non-hydrogen) atoms. The Kier molecular flexibility index (Phi) is 6.57. The van der Waals surface area contributed by atoms with Gasteiger partial charge in [0.2, 0.25) is 21.8 Å².